The van der Waals surface area contributed by atoms with Gasteiger partial charge in [0.1, 0.15) is 6.04 Å². The molecule has 0 spiro atoms. The molecule has 1 aromatic carbocycles. The summed E-state index contributed by atoms with van der Waals surface area (Å²) in [4.78, 5) is 0. The zero-order chi connectivity index (χ0) is 11.8. The van der Waals surface area contributed by atoms with E-state index < -0.39 is 12.2 Å². The van der Waals surface area contributed by atoms with Crippen molar-refractivity contribution in [3.05, 3.63) is 32.4 Å². The zero-order valence-electron chi connectivity index (χ0n) is 8.32. The minimum Gasteiger partial charge on any atom is -0.316 e. The van der Waals surface area contributed by atoms with Crippen LogP contribution in [0.1, 0.15) is 22.7 Å². The summed E-state index contributed by atoms with van der Waals surface area (Å²) >= 11 is 2.11. The minimum absolute atomic E-state index is 0.123. The molecule has 1 rings (SSSR count). The average molecular weight is 329 g/mol. The van der Waals surface area contributed by atoms with Crippen LogP contribution >= 0.6 is 22.6 Å². The Morgan fingerprint density at radius 1 is 1.20 bits per heavy atom. The van der Waals surface area contributed by atoms with E-state index in [1.54, 1.807) is 13.8 Å². The summed E-state index contributed by atoms with van der Waals surface area (Å²) in [5.41, 5.74) is 6.90. The molecule has 0 heterocycles. The lowest BCUT2D eigenvalue weighted by molar-refractivity contribution is -0.149. The molecular formula is C10H11F3IN. The molecule has 84 valence electrons. The lowest BCUT2D eigenvalue weighted by Crippen LogP contribution is -2.28. The SMILES string of the molecule is Cc1cc([C@@H](N)C(F)(F)F)cc(C)c1I. The van der Waals surface area contributed by atoms with E-state index in [-0.39, 0.29) is 5.56 Å². The Labute approximate surface area is 100.0 Å². The maximum Gasteiger partial charge on any atom is 0.407 e. The summed E-state index contributed by atoms with van der Waals surface area (Å²) in [6.45, 7) is 3.56. The molecule has 2 N–H and O–H groups in total. The van der Waals surface area contributed by atoms with Crippen molar-refractivity contribution in [3.63, 3.8) is 0 Å². The molecule has 0 amide bonds. The molecule has 15 heavy (non-hydrogen) atoms. The number of nitrogens with two attached hydrogens (primary N) is 1. The largest absolute Gasteiger partial charge is 0.407 e. The van der Waals surface area contributed by atoms with E-state index in [2.05, 4.69) is 22.6 Å². The van der Waals surface area contributed by atoms with Crippen LogP contribution in [0, 0.1) is 17.4 Å². The lowest BCUT2D eigenvalue weighted by atomic mass is 10.0. The van der Waals surface area contributed by atoms with Gasteiger partial charge in [0, 0.05) is 3.57 Å². The predicted octanol–water partition coefficient (Wildman–Crippen LogP) is 3.47. The average Bonchev–Trinajstić information content (AvgIpc) is 2.10. The van der Waals surface area contributed by atoms with Gasteiger partial charge in [-0.1, -0.05) is 12.1 Å². The van der Waals surface area contributed by atoms with Gasteiger partial charge in [0.25, 0.3) is 0 Å². The predicted molar refractivity (Wildman–Crippen MR) is 61.6 cm³/mol. The van der Waals surface area contributed by atoms with Crippen molar-refractivity contribution < 1.29 is 13.2 Å². The van der Waals surface area contributed by atoms with Crippen LogP contribution in [-0.4, -0.2) is 6.18 Å². The third kappa shape index (κ3) is 2.84. The highest BCUT2D eigenvalue weighted by Gasteiger charge is 2.38. The second-order valence-corrected chi connectivity index (χ2v) is 4.57. The fourth-order valence-electron chi connectivity index (χ4n) is 1.35. The molecule has 0 bridgehead atoms. The second-order valence-electron chi connectivity index (χ2n) is 3.49. The van der Waals surface area contributed by atoms with Gasteiger partial charge in [-0.15, -0.1) is 0 Å². The lowest BCUT2D eigenvalue weighted by Gasteiger charge is -2.17. The van der Waals surface area contributed by atoms with Crippen LogP contribution in [0.3, 0.4) is 0 Å². The van der Waals surface area contributed by atoms with Crippen molar-refractivity contribution in [1.82, 2.24) is 0 Å². The molecule has 0 aromatic heterocycles. The Morgan fingerprint density at radius 2 is 1.60 bits per heavy atom. The number of alkyl halides is 3. The highest BCUT2D eigenvalue weighted by Crippen LogP contribution is 2.32. The quantitative estimate of drug-likeness (QED) is 0.785. The first kappa shape index (κ1) is 12.8. The summed E-state index contributed by atoms with van der Waals surface area (Å²) in [6.07, 6.45) is -4.38. The maximum atomic E-state index is 12.4. The van der Waals surface area contributed by atoms with E-state index in [1.807, 2.05) is 0 Å². The highest BCUT2D eigenvalue weighted by atomic mass is 127. The first-order chi connectivity index (χ1) is 6.73. The van der Waals surface area contributed by atoms with Crippen molar-refractivity contribution >= 4 is 22.6 Å². The van der Waals surface area contributed by atoms with Gasteiger partial charge >= 0.3 is 6.18 Å². The standard InChI is InChI=1S/C10H11F3IN/c1-5-3-7(4-6(2)8(5)14)9(15)10(11,12)13/h3-4,9H,15H2,1-2H3/t9-/m1/s1. The fraction of sp³-hybridized carbons (Fsp3) is 0.400. The fourth-order valence-corrected chi connectivity index (χ4v) is 1.66. The van der Waals surface area contributed by atoms with Crippen molar-refractivity contribution in [2.75, 3.05) is 0 Å². The molecule has 0 radical (unpaired) electrons. The van der Waals surface area contributed by atoms with Crippen molar-refractivity contribution in [2.45, 2.75) is 26.1 Å². The Kier molecular flexibility index (Phi) is 3.65. The number of hydrogen-bond acceptors (Lipinski definition) is 1. The molecule has 0 aliphatic heterocycles. The third-order valence-electron chi connectivity index (χ3n) is 2.17. The van der Waals surface area contributed by atoms with Crippen molar-refractivity contribution in [3.8, 4) is 0 Å². The van der Waals surface area contributed by atoms with Crippen LogP contribution < -0.4 is 5.73 Å². The van der Waals surface area contributed by atoms with Crippen LogP contribution in [0.4, 0.5) is 13.2 Å². The Morgan fingerprint density at radius 3 is 1.93 bits per heavy atom. The van der Waals surface area contributed by atoms with Crippen LogP contribution in [0.15, 0.2) is 12.1 Å². The first-order valence-corrected chi connectivity index (χ1v) is 5.40. The monoisotopic (exact) mass is 329 g/mol. The smallest absolute Gasteiger partial charge is 0.316 e. The van der Waals surface area contributed by atoms with Crippen LogP contribution in [0.5, 0.6) is 0 Å². The van der Waals surface area contributed by atoms with Crippen molar-refractivity contribution in [1.29, 1.82) is 0 Å². The molecule has 0 saturated heterocycles. The molecule has 1 aromatic rings. The molecule has 0 unspecified atom stereocenters. The number of halogens is 4. The summed E-state index contributed by atoms with van der Waals surface area (Å²) in [5, 5.41) is 0. The van der Waals surface area contributed by atoms with E-state index >= 15 is 0 Å². The Bertz CT molecular complexity index is 350. The van der Waals surface area contributed by atoms with E-state index in [9.17, 15) is 13.2 Å². The van der Waals surface area contributed by atoms with E-state index in [0.717, 1.165) is 14.7 Å². The molecule has 1 nitrogen and oxygen atoms in total. The van der Waals surface area contributed by atoms with Gasteiger partial charge in [0.15, 0.2) is 0 Å². The van der Waals surface area contributed by atoms with Gasteiger partial charge < -0.3 is 5.73 Å². The molecule has 0 saturated carbocycles. The zero-order valence-corrected chi connectivity index (χ0v) is 10.5. The normalized spacial score (nSPS) is 14.1. The maximum absolute atomic E-state index is 12.4. The van der Waals surface area contributed by atoms with Gasteiger partial charge in [-0.25, -0.2) is 0 Å². The summed E-state index contributed by atoms with van der Waals surface area (Å²) in [6, 6.07) is 1.09. The molecular weight excluding hydrogens is 318 g/mol. The number of hydrogen-bond donors (Lipinski definition) is 1. The van der Waals surface area contributed by atoms with Gasteiger partial charge in [-0.3, -0.25) is 0 Å². The third-order valence-corrected chi connectivity index (χ3v) is 3.87. The summed E-state index contributed by atoms with van der Waals surface area (Å²) in [7, 11) is 0. The molecule has 5 heteroatoms. The van der Waals surface area contributed by atoms with Crippen LogP contribution in [0.25, 0.3) is 0 Å². The molecule has 0 fully saturated rings. The van der Waals surface area contributed by atoms with E-state index in [0.29, 0.717) is 0 Å². The number of aryl methyl sites for hydroxylation is 2. The van der Waals surface area contributed by atoms with E-state index in [4.69, 9.17) is 5.73 Å². The van der Waals surface area contributed by atoms with Gasteiger partial charge in [0.2, 0.25) is 0 Å². The first-order valence-electron chi connectivity index (χ1n) is 4.32. The van der Waals surface area contributed by atoms with Crippen LogP contribution in [-0.2, 0) is 0 Å². The second kappa shape index (κ2) is 4.29. The molecule has 0 aliphatic carbocycles. The van der Waals surface area contributed by atoms with Crippen LogP contribution in [0.2, 0.25) is 0 Å². The minimum atomic E-state index is -4.38. The van der Waals surface area contributed by atoms with Gasteiger partial charge in [-0.2, -0.15) is 13.2 Å². The summed E-state index contributed by atoms with van der Waals surface area (Å²) in [5.74, 6) is 0. The molecule has 0 aliphatic rings. The van der Waals surface area contributed by atoms with E-state index in [1.165, 1.54) is 12.1 Å². The topological polar surface area (TPSA) is 26.0 Å². The van der Waals surface area contributed by atoms with Gasteiger partial charge in [0.05, 0.1) is 0 Å². The Hall–Kier alpha value is -0.300. The molecule has 1 atom stereocenters. The summed E-state index contributed by atoms with van der Waals surface area (Å²) < 4.78 is 38.1. The van der Waals surface area contributed by atoms with Gasteiger partial charge in [-0.05, 0) is 53.1 Å². The van der Waals surface area contributed by atoms with Crippen molar-refractivity contribution in [2.24, 2.45) is 5.73 Å². The Balaban J connectivity index is 3.17. The number of benzene rings is 1. The number of rotatable bonds is 1. The highest BCUT2D eigenvalue weighted by molar-refractivity contribution is 14.1.